The van der Waals surface area contributed by atoms with Crippen LogP contribution in [0.1, 0.15) is 37.3 Å². The van der Waals surface area contributed by atoms with Crippen molar-refractivity contribution in [2.75, 3.05) is 6.54 Å². The number of hydrogen-bond acceptors (Lipinski definition) is 3. The molecule has 2 atom stereocenters. The summed E-state index contributed by atoms with van der Waals surface area (Å²) in [5.74, 6) is 0. The van der Waals surface area contributed by atoms with Crippen LogP contribution in [0.25, 0.3) is 0 Å². The molecule has 2 N–H and O–H groups in total. The Morgan fingerprint density at radius 3 is 2.52 bits per heavy atom. The number of hydrogen-bond donors (Lipinski definition) is 1. The third-order valence-electron chi connectivity index (χ3n) is 4.23. The molecule has 0 aliphatic carbocycles. The summed E-state index contributed by atoms with van der Waals surface area (Å²) in [6, 6.07) is 2.38. The Balaban J connectivity index is 2.47. The predicted octanol–water partition coefficient (Wildman–Crippen LogP) is 2.90. The lowest BCUT2D eigenvalue weighted by Crippen LogP contribution is -2.51. The number of sulfonamides is 1. The first kappa shape index (κ1) is 18.2. The molecule has 0 spiro atoms. The molecule has 1 fully saturated rings. The molecule has 130 valence electrons. The number of nitrogens with zero attached hydrogens (tertiary/aromatic N) is 1. The van der Waals surface area contributed by atoms with Crippen molar-refractivity contribution in [1.29, 1.82) is 0 Å². The minimum Gasteiger partial charge on any atom is -0.326 e. The van der Waals surface area contributed by atoms with Crippen molar-refractivity contribution in [3.63, 3.8) is 0 Å². The fraction of sp³-hybridized carbons (Fsp3) is 0.600. The molecule has 1 aromatic rings. The van der Waals surface area contributed by atoms with Gasteiger partial charge in [-0.1, -0.05) is 12.5 Å². The van der Waals surface area contributed by atoms with Crippen LogP contribution in [-0.2, 0) is 16.2 Å². The van der Waals surface area contributed by atoms with E-state index < -0.39 is 21.8 Å². The van der Waals surface area contributed by atoms with E-state index in [4.69, 9.17) is 5.73 Å². The SMILES string of the molecule is Cc1ccc(S(=O)(=O)N2CCCCC2C(C)N)cc1C(F)(F)F. The topological polar surface area (TPSA) is 63.4 Å². The van der Waals surface area contributed by atoms with Gasteiger partial charge in [-0.3, -0.25) is 0 Å². The van der Waals surface area contributed by atoms with Crippen molar-refractivity contribution >= 4 is 10.0 Å². The standard InChI is InChI=1S/C15H21F3N2O2S/c1-10-6-7-12(9-13(10)15(16,17)18)23(21,22)20-8-4-3-5-14(20)11(2)19/h6-7,9,11,14H,3-5,8,19H2,1-2H3. The summed E-state index contributed by atoms with van der Waals surface area (Å²) in [6.45, 7) is 3.31. The van der Waals surface area contributed by atoms with Crippen LogP contribution in [0.15, 0.2) is 23.1 Å². The third kappa shape index (κ3) is 3.70. The molecule has 1 aliphatic rings. The molecule has 0 bridgehead atoms. The van der Waals surface area contributed by atoms with Gasteiger partial charge in [0.15, 0.2) is 0 Å². The summed E-state index contributed by atoms with van der Waals surface area (Å²) in [5.41, 5.74) is 4.95. The monoisotopic (exact) mass is 350 g/mol. The van der Waals surface area contributed by atoms with Crippen molar-refractivity contribution < 1.29 is 21.6 Å². The van der Waals surface area contributed by atoms with Gasteiger partial charge in [-0.2, -0.15) is 17.5 Å². The van der Waals surface area contributed by atoms with Crippen LogP contribution >= 0.6 is 0 Å². The molecule has 8 heteroatoms. The van der Waals surface area contributed by atoms with Gasteiger partial charge in [-0.25, -0.2) is 8.42 Å². The molecule has 4 nitrogen and oxygen atoms in total. The Morgan fingerprint density at radius 2 is 1.96 bits per heavy atom. The van der Waals surface area contributed by atoms with E-state index in [-0.39, 0.29) is 29.1 Å². The van der Waals surface area contributed by atoms with Gasteiger partial charge in [0.1, 0.15) is 0 Å². The van der Waals surface area contributed by atoms with Crippen LogP contribution in [0.5, 0.6) is 0 Å². The van der Waals surface area contributed by atoms with Gasteiger partial charge in [-0.15, -0.1) is 0 Å². The summed E-state index contributed by atoms with van der Waals surface area (Å²) < 4.78 is 66.0. The van der Waals surface area contributed by atoms with Crippen molar-refractivity contribution in [2.24, 2.45) is 5.73 Å². The molecule has 1 aromatic carbocycles. The molecule has 0 amide bonds. The number of piperidine rings is 1. The zero-order valence-corrected chi connectivity index (χ0v) is 13.9. The Labute approximate surface area is 134 Å². The van der Waals surface area contributed by atoms with Gasteiger partial charge < -0.3 is 5.73 Å². The van der Waals surface area contributed by atoms with E-state index in [1.165, 1.54) is 23.4 Å². The molecule has 0 radical (unpaired) electrons. The van der Waals surface area contributed by atoms with E-state index in [2.05, 4.69) is 0 Å². The van der Waals surface area contributed by atoms with Crippen LogP contribution in [0.4, 0.5) is 13.2 Å². The zero-order chi connectivity index (χ0) is 17.4. The summed E-state index contributed by atoms with van der Waals surface area (Å²) in [5, 5.41) is 0. The molecular formula is C15H21F3N2O2S. The first-order valence-corrected chi connectivity index (χ1v) is 8.94. The van der Waals surface area contributed by atoms with Crippen LogP contribution in [0.3, 0.4) is 0 Å². The normalized spacial score (nSPS) is 22.1. The quantitative estimate of drug-likeness (QED) is 0.912. The first-order chi connectivity index (χ1) is 10.5. The molecule has 1 aliphatic heterocycles. The van der Waals surface area contributed by atoms with E-state index in [1.807, 2.05) is 0 Å². The highest BCUT2D eigenvalue weighted by atomic mass is 32.2. The molecule has 1 heterocycles. The fourth-order valence-electron chi connectivity index (χ4n) is 2.96. The van der Waals surface area contributed by atoms with E-state index in [0.717, 1.165) is 12.5 Å². The van der Waals surface area contributed by atoms with Crippen LogP contribution in [0, 0.1) is 6.92 Å². The van der Waals surface area contributed by atoms with Gasteiger partial charge >= 0.3 is 6.18 Å². The Morgan fingerprint density at radius 1 is 1.30 bits per heavy atom. The van der Waals surface area contributed by atoms with Gasteiger partial charge in [-0.05, 0) is 44.4 Å². The number of benzene rings is 1. The minimum atomic E-state index is -4.59. The molecule has 0 saturated carbocycles. The lowest BCUT2D eigenvalue weighted by atomic mass is 10.00. The molecule has 2 rings (SSSR count). The van der Waals surface area contributed by atoms with E-state index >= 15 is 0 Å². The first-order valence-electron chi connectivity index (χ1n) is 7.50. The number of halogens is 3. The van der Waals surface area contributed by atoms with Crippen molar-refractivity contribution in [3.05, 3.63) is 29.3 Å². The average molecular weight is 350 g/mol. The van der Waals surface area contributed by atoms with Crippen LogP contribution < -0.4 is 5.73 Å². The number of nitrogens with two attached hydrogens (primary N) is 1. The minimum absolute atomic E-state index is 0.00108. The summed E-state index contributed by atoms with van der Waals surface area (Å²) in [4.78, 5) is -0.331. The van der Waals surface area contributed by atoms with Crippen molar-refractivity contribution in [2.45, 2.75) is 56.3 Å². The van der Waals surface area contributed by atoms with Crippen molar-refractivity contribution in [3.8, 4) is 0 Å². The molecule has 2 unspecified atom stereocenters. The second-order valence-electron chi connectivity index (χ2n) is 6.01. The Kier molecular flexibility index (Phi) is 5.08. The lowest BCUT2D eigenvalue weighted by Gasteiger charge is -2.37. The number of aryl methyl sites for hydroxylation is 1. The predicted molar refractivity (Wildman–Crippen MR) is 81.4 cm³/mol. The summed E-state index contributed by atoms with van der Waals surface area (Å²) >= 11 is 0. The van der Waals surface area contributed by atoms with Gasteiger partial charge in [0.05, 0.1) is 10.5 Å². The molecule has 23 heavy (non-hydrogen) atoms. The number of alkyl halides is 3. The maximum Gasteiger partial charge on any atom is 0.416 e. The van der Waals surface area contributed by atoms with Gasteiger partial charge in [0.2, 0.25) is 10.0 Å². The highest BCUT2D eigenvalue weighted by Crippen LogP contribution is 2.35. The van der Waals surface area contributed by atoms with E-state index in [0.29, 0.717) is 12.8 Å². The Bertz CT molecular complexity index is 672. The largest absolute Gasteiger partial charge is 0.416 e. The Hall–Kier alpha value is -1.12. The van der Waals surface area contributed by atoms with E-state index in [9.17, 15) is 21.6 Å². The average Bonchev–Trinajstić information content (AvgIpc) is 2.46. The third-order valence-corrected chi connectivity index (χ3v) is 6.15. The van der Waals surface area contributed by atoms with Crippen molar-refractivity contribution in [1.82, 2.24) is 4.31 Å². The highest BCUT2D eigenvalue weighted by molar-refractivity contribution is 7.89. The summed E-state index contributed by atoms with van der Waals surface area (Å²) in [7, 11) is -4.00. The van der Waals surface area contributed by atoms with Gasteiger partial charge in [0, 0.05) is 18.6 Å². The smallest absolute Gasteiger partial charge is 0.326 e. The fourth-order valence-corrected chi connectivity index (χ4v) is 4.76. The van der Waals surface area contributed by atoms with Gasteiger partial charge in [0.25, 0.3) is 0 Å². The van der Waals surface area contributed by atoms with Crippen LogP contribution in [0.2, 0.25) is 0 Å². The molecular weight excluding hydrogens is 329 g/mol. The molecule has 0 aromatic heterocycles. The van der Waals surface area contributed by atoms with E-state index in [1.54, 1.807) is 6.92 Å². The maximum absolute atomic E-state index is 13.0. The highest BCUT2D eigenvalue weighted by Gasteiger charge is 2.38. The van der Waals surface area contributed by atoms with Crippen LogP contribution in [-0.4, -0.2) is 31.4 Å². The lowest BCUT2D eigenvalue weighted by molar-refractivity contribution is -0.138. The summed E-state index contributed by atoms with van der Waals surface area (Å²) in [6.07, 6.45) is -2.42. The maximum atomic E-state index is 13.0. The number of rotatable bonds is 3. The zero-order valence-electron chi connectivity index (χ0n) is 13.1. The molecule has 1 saturated heterocycles. The second kappa shape index (κ2) is 6.41. The second-order valence-corrected chi connectivity index (χ2v) is 7.90.